The standard InChI is InChI=1S/C49H32N4O2/c1-49(2)38-26-22-32(28-37(38)34-25-27-40-43(42(34)49)50-48(55-40)31-18-10-5-11-19-31)33-23-24-36(41-35-20-12-13-21-39(35)54-44(33)41)47-52-45(29-14-6-3-7-15-29)51-46(53-47)30-16-8-4-9-17-30/h3-28H,1-2H3. The first kappa shape index (κ1) is 31.4. The Kier molecular flexibility index (Phi) is 6.79. The van der Waals surface area contributed by atoms with Crippen molar-refractivity contribution in [2.45, 2.75) is 19.3 Å². The molecule has 55 heavy (non-hydrogen) atoms. The predicted molar refractivity (Wildman–Crippen MR) is 219 cm³/mol. The van der Waals surface area contributed by atoms with E-state index in [-0.39, 0.29) is 5.41 Å². The van der Waals surface area contributed by atoms with Crippen LogP contribution in [0.15, 0.2) is 167 Å². The largest absolute Gasteiger partial charge is 0.455 e. The van der Waals surface area contributed by atoms with Crippen LogP contribution in [0.25, 0.3) is 101 Å². The molecule has 0 spiro atoms. The minimum atomic E-state index is -0.280. The van der Waals surface area contributed by atoms with E-state index >= 15 is 0 Å². The molecule has 0 radical (unpaired) electrons. The van der Waals surface area contributed by atoms with Gasteiger partial charge in [-0.3, -0.25) is 0 Å². The Labute approximate surface area is 316 Å². The van der Waals surface area contributed by atoms with Crippen molar-refractivity contribution in [1.82, 2.24) is 19.9 Å². The molecule has 0 saturated heterocycles. The molecular weight excluding hydrogens is 677 g/mol. The molecule has 6 nitrogen and oxygen atoms in total. The third kappa shape index (κ3) is 4.88. The van der Waals surface area contributed by atoms with Gasteiger partial charge in [0, 0.05) is 44.0 Å². The molecule has 0 bridgehead atoms. The van der Waals surface area contributed by atoms with E-state index in [2.05, 4.69) is 62.4 Å². The summed E-state index contributed by atoms with van der Waals surface area (Å²) >= 11 is 0. The zero-order valence-corrected chi connectivity index (χ0v) is 30.1. The molecule has 0 aliphatic heterocycles. The summed E-state index contributed by atoms with van der Waals surface area (Å²) in [6.45, 7) is 4.56. The summed E-state index contributed by atoms with van der Waals surface area (Å²) in [5.41, 5.74) is 13.6. The molecule has 11 rings (SSSR count). The Morgan fingerprint density at radius 1 is 0.436 bits per heavy atom. The first-order chi connectivity index (χ1) is 27.0. The highest BCUT2D eigenvalue weighted by atomic mass is 16.3. The fraction of sp³-hybridized carbons (Fsp3) is 0.0612. The Hall–Kier alpha value is -7.18. The second kappa shape index (κ2) is 11.9. The summed E-state index contributed by atoms with van der Waals surface area (Å²) in [6, 6.07) is 53.7. The quantitative estimate of drug-likeness (QED) is 0.177. The average molecular weight is 709 g/mol. The minimum Gasteiger partial charge on any atom is -0.455 e. The van der Waals surface area contributed by atoms with Crippen LogP contribution in [0.2, 0.25) is 0 Å². The van der Waals surface area contributed by atoms with Crippen LogP contribution in [0.3, 0.4) is 0 Å². The van der Waals surface area contributed by atoms with E-state index in [4.69, 9.17) is 28.8 Å². The van der Waals surface area contributed by atoms with Gasteiger partial charge in [-0.25, -0.2) is 19.9 Å². The van der Waals surface area contributed by atoms with Gasteiger partial charge < -0.3 is 8.83 Å². The number of aromatic nitrogens is 4. The molecule has 260 valence electrons. The van der Waals surface area contributed by atoms with E-state index in [1.165, 1.54) is 22.3 Å². The Bertz CT molecular complexity index is 3050. The predicted octanol–water partition coefficient (Wildman–Crippen LogP) is 12.6. The summed E-state index contributed by atoms with van der Waals surface area (Å²) in [4.78, 5) is 20.2. The van der Waals surface area contributed by atoms with Gasteiger partial charge in [-0.15, -0.1) is 0 Å². The average Bonchev–Trinajstić information content (AvgIpc) is 3.92. The lowest BCUT2D eigenvalue weighted by Gasteiger charge is -2.21. The molecule has 6 heteroatoms. The highest BCUT2D eigenvalue weighted by molar-refractivity contribution is 6.16. The van der Waals surface area contributed by atoms with Gasteiger partial charge in [0.05, 0.1) is 0 Å². The number of rotatable bonds is 5. The van der Waals surface area contributed by atoms with Crippen molar-refractivity contribution in [3.8, 4) is 67.9 Å². The van der Waals surface area contributed by atoms with Crippen molar-refractivity contribution in [2.24, 2.45) is 0 Å². The van der Waals surface area contributed by atoms with E-state index in [0.29, 0.717) is 23.4 Å². The molecule has 0 atom stereocenters. The van der Waals surface area contributed by atoms with Gasteiger partial charge in [0.25, 0.3) is 0 Å². The summed E-state index contributed by atoms with van der Waals surface area (Å²) in [5.74, 6) is 2.46. The Morgan fingerprint density at radius 2 is 1.04 bits per heavy atom. The van der Waals surface area contributed by atoms with E-state index in [1.807, 2.05) is 109 Å². The molecule has 7 aromatic carbocycles. The smallest absolute Gasteiger partial charge is 0.227 e. The summed E-state index contributed by atoms with van der Waals surface area (Å²) in [5, 5.41) is 1.98. The summed E-state index contributed by atoms with van der Waals surface area (Å²) in [6.07, 6.45) is 0. The molecule has 10 aromatic rings. The second-order valence-corrected chi connectivity index (χ2v) is 14.6. The van der Waals surface area contributed by atoms with Crippen LogP contribution >= 0.6 is 0 Å². The number of fused-ring (bicyclic) bond motifs is 8. The van der Waals surface area contributed by atoms with Crippen molar-refractivity contribution in [1.29, 1.82) is 0 Å². The summed E-state index contributed by atoms with van der Waals surface area (Å²) < 4.78 is 13.1. The normalized spacial score (nSPS) is 13.1. The van der Waals surface area contributed by atoms with E-state index in [1.54, 1.807) is 0 Å². The van der Waals surface area contributed by atoms with Crippen molar-refractivity contribution in [3.05, 3.63) is 169 Å². The third-order valence-electron chi connectivity index (χ3n) is 11.0. The number of hydrogen-bond donors (Lipinski definition) is 0. The van der Waals surface area contributed by atoms with Crippen LogP contribution in [-0.2, 0) is 5.41 Å². The van der Waals surface area contributed by atoms with Crippen LogP contribution in [0, 0.1) is 0 Å². The van der Waals surface area contributed by atoms with Gasteiger partial charge in [-0.1, -0.05) is 129 Å². The van der Waals surface area contributed by atoms with Crippen molar-refractivity contribution in [2.75, 3.05) is 0 Å². The van der Waals surface area contributed by atoms with Gasteiger partial charge in [0.15, 0.2) is 23.1 Å². The van der Waals surface area contributed by atoms with E-state index < -0.39 is 0 Å². The van der Waals surface area contributed by atoms with Crippen LogP contribution in [0.4, 0.5) is 0 Å². The third-order valence-corrected chi connectivity index (χ3v) is 11.0. The fourth-order valence-electron chi connectivity index (χ4n) is 8.34. The topological polar surface area (TPSA) is 77.8 Å². The van der Waals surface area contributed by atoms with Gasteiger partial charge in [-0.05, 0) is 70.3 Å². The number of hydrogen-bond acceptors (Lipinski definition) is 6. The fourth-order valence-corrected chi connectivity index (χ4v) is 8.34. The maximum absolute atomic E-state index is 6.77. The van der Waals surface area contributed by atoms with Crippen LogP contribution in [-0.4, -0.2) is 19.9 Å². The number of furan rings is 1. The lowest BCUT2D eigenvalue weighted by molar-refractivity contribution is 0.619. The van der Waals surface area contributed by atoms with Gasteiger partial charge in [0.2, 0.25) is 5.89 Å². The van der Waals surface area contributed by atoms with Crippen LogP contribution < -0.4 is 0 Å². The molecule has 3 aromatic heterocycles. The van der Waals surface area contributed by atoms with Crippen LogP contribution in [0.5, 0.6) is 0 Å². The minimum absolute atomic E-state index is 0.280. The molecule has 3 heterocycles. The molecule has 1 aliphatic rings. The first-order valence-electron chi connectivity index (χ1n) is 18.5. The number of oxazole rings is 1. The Balaban J connectivity index is 1.10. The van der Waals surface area contributed by atoms with Gasteiger partial charge in [-0.2, -0.15) is 0 Å². The first-order valence-corrected chi connectivity index (χ1v) is 18.5. The van der Waals surface area contributed by atoms with Crippen molar-refractivity contribution >= 4 is 33.0 Å². The highest BCUT2D eigenvalue weighted by Gasteiger charge is 2.38. The van der Waals surface area contributed by atoms with Gasteiger partial charge in [0.1, 0.15) is 16.7 Å². The van der Waals surface area contributed by atoms with E-state index in [9.17, 15) is 0 Å². The maximum atomic E-state index is 6.77. The van der Waals surface area contributed by atoms with Gasteiger partial charge >= 0.3 is 0 Å². The Morgan fingerprint density at radius 3 is 1.75 bits per heavy atom. The number of para-hydroxylation sites is 1. The van der Waals surface area contributed by atoms with Crippen LogP contribution in [0.1, 0.15) is 25.0 Å². The van der Waals surface area contributed by atoms with Crippen molar-refractivity contribution < 1.29 is 8.83 Å². The zero-order valence-electron chi connectivity index (χ0n) is 30.1. The second-order valence-electron chi connectivity index (χ2n) is 14.6. The lowest BCUT2D eigenvalue weighted by atomic mass is 9.81. The number of nitrogens with zero attached hydrogens (tertiary/aromatic N) is 4. The lowest BCUT2D eigenvalue weighted by Crippen LogP contribution is -2.15. The molecule has 0 amide bonds. The maximum Gasteiger partial charge on any atom is 0.227 e. The molecule has 1 aliphatic carbocycles. The number of benzene rings is 7. The molecule has 0 N–H and O–H groups in total. The molecule has 0 fully saturated rings. The van der Waals surface area contributed by atoms with Crippen molar-refractivity contribution in [3.63, 3.8) is 0 Å². The monoisotopic (exact) mass is 708 g/mol. The molecule has 0 saturated carbocycles. The SMILES string of the molecule is CC1(C)c2ccc(-c3ccc(-c4nc(-c5ccccc5)nc(-c5ccccc5)n4)c4c3oc3ccccc34)cc2-c2ccc3oc(-c4ccccc4)nc3c21. The molecular formula is C49H32N4O2. The summed E-state index contributed by atoms with van der Waals surface area (Å²) in [7, 11) is 0. The zero-order chi connectivity index (χ0) is 36.7. The highest BCUT2D eigenvalue weighted by Crippen LogP contribution is 2.53. The molecule has 0 unspecified atom stereocenters. The van der Waals surface area contributed by atoms with E-state index in [0.717, 1.165) is 66.4 Å².